The molecule has 1 aliphatic heterocycles. The molecule has 1 heterocycles. The minimum Gasteiger partial charge on any atom is -0.383 e. The Morgan fingerprint density at radius 2 is 1.87 bits per heavy atom. The van der Waals surface area contributed by atoms with Crippen LogP contribution in [0.4, 0.5) is 0 Å². The van der Waals surface area contributed by atoms with Gasteiger partial charge in [-0.1, -0.05) is 60.8 Å². The number of benzene rings is 2. The molecule has 1 saturated carbocycles. The van der Waals surface area contributed by atoms with Crippen LogP contribution in [0.15, 0.2) is 48.5 Å². The lowest BCUT2D eigenvalue weighted by atomic mass is 9.71. The van der Waals surface area contributed by atoms with Crippen molar-refractivity contribution in [2.24, 2.45) is 0 Å². The van der Waals surface area contributed by atoms with Gasteiger partial charge in [-0.3, -0.25) is 9.59 Å². The third kappa shape index (κ3) is 3.61. The number of rotatable bonds is 6. The maximum Gasteiger partial charge on any atom is 0.254 e. The number of nitrogens with zero attached hydrogens (tertiary/aromatic N) is 1. The van der Waals surface area contributed by atoms with Crippen molar-refractivity contribution in [3.05, 3.63) is 70.2 Å². The van der Waals surface area contributed by atoms with E-state index in [9.17, 15) is 9.59 Å². The SMILES string of the molecule is COCCN1C(=O)c2ccccc2C(C(=O)NCc2ccccc2Cl)C12CCCC2. The van der Waals surface area contributed by atoms with Crippen molar-refractivity contribution in [3.8, 4) is 0 Å². The van der Waals surface area contributed by atoms with E-state index in [1.807, 2.05) is 53.4 Å². The molecule has 0 saturated heterocycles. The van der Waals surface area contributed by atoms with Crippen LogP contribution < -0.4 is 5.32 Å². The van der Waals surface area contributed by atoms with E-state index in [1.54, 1.807) is 7.11 Å². The smallest absolute Gasteiger partial charge is 0.254 e. The zero-order valence-electron chi connectivity index (χ0n) is 17.2. The van der Waals surface area contributed by atoms with Crippen LogP contribution in [0.2, 0.25) is 5.02 Å². The van der Waals surface area contributed by atoms with Crippen molar-refractivity contribution in [3.63, 3.8) is 0 Å². The van der Waals surface area contributed by atoms with Crippen molar-refractivity contribution >= 4 is 23.4 Å². The quantitative estimate of drug-likeness (QED) is 0.754. The maximum absolute atomic E-state index is 13.6. The summed E-state index contributed by atoms with van der Waals surface area (Å²) in [5.74, 6) is -0.466. The van der Waals surface area contributed by atoms with Gasteiger partial charge in [0.25, 0.3) is 5.91 Å². The first-order valence-electron chi connectivity index (χ1n) is 10.5. The second-order valence-corrected chi connectivity index (χ2v) is 8.50. The highest BCUT2D eigenvalue weighted by Gasteiger charge is 2.55. The highest BCUT2D eigenvalue weighted by atomic mass is 35.5. The largest absolute Gasteiger partial charge is 0.383 e. The van der Waals surface area contributed by atoms with Crippen LogP contribution in [-0.4, -0.2) is 42.5 Å². The summed E-state index contributed by atoms with van der Waals surface area (Å²) in [5, 5.41) is 3.73. The lowest BCUT2D eigenvalue weighted by molar-refractivity contribution is -0.126. The minimum absolute atomic E-state index is 0.000274. The number of hydrogen-bond donors (Lipinski definition) is 1. The van der Waals surface area contributed by atoms with E-state index in [1.165, 1.54) is 0 Å². The summed E-state index contributed by atoms with van der Waals surface area (Å²) in [6, 6.07) is 15.0. The number of halogens is 1. The summed E-state index contributed by atoms with van der Waals surface area (Å²) in [5.41, 5.74) is 1.82. The second kappa shape index (κ2) is 8.78. The molecule has 0 aromatic heterocycles. The van der Waals surface area contributed by atoms with Crippen molar-refractivity contribution in [2.45, 2.75) is 43.7 Å². The van der Waals surface area contributed by atoms with E-state index in [2.05, 4.69) is 5.32 Å². The monoisotopic (exact) mass is 426 g/mol. The maximum atomic E-state index is 13.6. The predicted molar refractivity (Wildman–Crippen MR) is 117 cm³/mol. The van der Waals surface area contributed by atoms with Crippen LogP contribution in [0.3, 0.4) is 0 Å². The van der Waals surface area contributed by atoms with Crippen LogP contribution >= 0.6 is 11.6 Å². The Bertz CT molecular complexity index is 940. The Morgan fingerprint density at radius 3 is 2.60 bits per heavy atom. The second-order valence-electron chi connectivity index (χ2n) is 8.09. The zero-order valence-corrected chi connectivity index (χ0v) is 18.0. The van der Waals surface area contributed by atoms with E-state index in [0.29, 0.717) is 30.3 Å². The first-order chi connectivity index (χ1) is 14.6. The fourth-order valence-corrected chi connectivity index (χ4v) is 5.30. The van der Waals surface area contributed by atoms with Crippen LogP contribution in [0.25, 0.3) is 0 Å². The molecule has 30 heavy (non-hydrogen) atoms. The number of carbonyl (C=O) groups excluding carboxylic acids is 2. The average Bonchev–Trinajstić information content (AvgIpc) is 3.23. The molecule has 158 valence electrons. The summed E-state index contributed by atoms with van der Waals surface area (Å²) in [4.78, 5) is 28.9. The fourth-order valence-electron chi connectivity index (χ4n) is 5.10. The molecule has 6 heteroatoms. The molecule has 2 amide bonds. The minimum atomic E-state index is -0.505. The molecular formula is C24H27ClN2O3. The summed E-state index contributed by atoms with van der Waals surface area (Å²) in [6.45, 7) is 1.29. The van der Waals surface area contributed by atoms with Gasteiger partial charge in [0.2, 0.25) is 5.91 Å². The number of hydrogen-bond acceptors (Lipinski definition) is 3. The lowest BCUT2D eigenvalue weighted by Crippen LogP contribution is -2.61. The fraction of sp³-hybridized carbons (Fsp3) is 0.417. The van der Waals surface area contributed by atoms with E-state index >= 15 is 0 Å². The number of ether oxygens (including phenoxy) is 1. The Kier molecular flexibility index (Phi) is 6.11. The van der Waals surface area contributed by atoms with Gasteiger partial charge in [0.05, 0.1) is 18.1 Å². The summed E-state index contributed by atoms with van der Waals surface area (Å²) >= 11 is 6.28. The van der Waals surface area contributed by atoms with E-state index in [4.69, 9.17) is 16.3 Å². The van der Waals surface area contributed by atoms with Gasteiger partial charge in [-0.15, -0.1) is 0 Å². The molecule has 1 fully saturated rings. The van der Waals surface area contributed by atoms with Crippen LogP contribution in [0.5, 0.6) is 0 Å². The molecule has 2 aromatic carbocycles. The standard InChI is InChI=1S/C24H27ClN2O3/c1-30-15-14-27-23(29)19-10-4-3-9-18(19)21(24(27)12-6-7-13-24)22(28)26-16-17-8-2-5-11-20(17)25/h2-5,8-11,21H,6-7,12-16H2,1H3,(H,26,28). The van der Waals surface area contributed by atoms with Gasteiger partial charge < -0.3 is 15.0 Å². The van der Waals surface area contributed by atoms with Crippen LogP contribution in [0.1, 0.15) is 53.1 Å². The van der Waals surface area contributed by atoms with E-state index in [-0.39, 0.29) is 11.8 Å². The highest BCUT2D eigenvalue weighted by molar-refractivity contribution is 6.31. The van der Waals surface area contributed by atoms with Crippen LogP contribution in [-0.2, 0) is 16.1 Å². The molecular weight excluding hydrogens is 400 g/mol. The molecule has 1 unspecified atom stereocenters. The third-order valence-electron chi connectivity index (χ3n) is 6.48. The van der Waals surface area contributed by atoms with Gasteiger partial charge in [-0.25, -0.2) is 0 Å². The number of amides is 2. The molecule has 0 radical (unpaired) electrons. The topological polar surface area (TPSA) is 58.6 Å². The van der Waals surface area contributed by atoms with Crippen molar-refractivity contribution in [1.29, 1.82) is 0 Å². The summed E-state index contributed by atoms with van der Waals surface area (Å²) < 4.78 is 5.29. The predicted octanol–water partition coefficient (Wildman–Crippen LogP) is 4.16. The summed E-state index contributed by atoms with van der Waals surface area (Å²) in [7, 11) is 1.64. The molecule has 1 atom stereocenters. The average molecular weight is 427 g/mol. The normalized spacial score (nSPS) is 19.7. The molecule has 2 aromatic rings. The van der Waals surface area contributed by atoms with Crippen molar-refractivity contribution in [2.75, 3.05) is 20.3 Å². The van der Waals surface area contributed by atoms with Crippen molar-refractivity contribution < 1.29 is 14.3 Å². The lowest BCUT2D eigenvalue weighted by Gasteiger charge is -2.50. The Balaban J connectivity index is 1.71. The Hall–Kier alpha value is -2.37. The third-order valence-corrected chi connectivity index (χ3v) is 6.85. The molecule has 4 rings (SSSR count). The molecule has 5 nitrogen and oxygen atoms in total. The highest BCUT2D eigenvalue weighted by Crippen LogP contribution is 2.50. The Labute approximate surface area is 182 Å². The Morgan fingerprint density at radius 1 is 1.17 bits per heavy atom. The molecule has 0 bridgehead atoms. The van der Waals surface area contributed by atoms with Gasteiger partial charge in [0.15, 0.2) is 0 Å². The molecule has 1 spiro atoms. The van der Waals surface area contributed by atoms with Gasteiger partial charge in [0.1, 0.15) is 0 Å². The molecule has 1 aliphatic carbocycles. The molecule has 2 aliphatic rings. The van der Waals surface area contributed by atoms with Gasteiger partial charge in [0, 0.05) is 30.8 Å². The molecule has 1 N–H and O–H groups in total. The van der Waals surface area contributed by atoms with E-state index < -0.39 is 11.5 Å². The van der Waals surface area contributed by atoms with Gasteiger partial charge in [-0.2, -0.15) is 0 Å². The number of fused-ring (bicyclic) bond motifs is 1. The number of carbonyl (C=O) groups is 2. The number of methoxy groups -OCH3 is 1. The van der Waals surface area contributed by atoms with Gasteiger partial charge >= 0.3 is 0 Å². The summed E-state index contributed by atoms with van der Waals surface area (Å²) in [6.07, 6.45) is 3.66. The van der Waals surface area contributed by atoms with Crippen molar-refractivity contribution in [1.82, 2.24) is 10.2 Å². The first-order valence-corrected chi connectivity index (χ1v) is 10.9. The van der Waals surface area contributed by atoms with Crippen LogP contribution in [0, 0.1) is 0 Å². The van der Waals surface area contributed by atoms with Gasteiger partial charge in [-0.05, 0) is 36.1 Å². The number of nitrogens with one attached hydrogen (secondary N) is 1. The zero-order chi connectivity index (χ0) is 21.1. The van der Waals surface area contributed by atoms with E-state index in [0.717, 1.165) is 36.8 Å². The first kappa shape index (κ1) is 20.9.